The van der Waals surface area contributed by atoms with Gasteiger partial charge in [0.2, 0.25) is 0 Å². The van der Waals surface area contributed by atoms with Crippen molar-refractivity contribution in [1.82, 2.24) is 0 Å². The molecular formula is C13H20O2. The predicted molar refractivity (Wildman–Crippen MR) is 62.3 cm³/mol. The van der Waals surface area contributed by atoms with E-state index in [2.05, 4.69) is 20.8 Å². The van der Waals surface area contributed by atoms with Gasteiger partial charge in [-0.3, -0.25) is 0 Å². The Kier molecular flexibility index (Phi) is 3.61. The highest BCUT2D eigenvalue weighted by Crippen LogP contribution is 2.42. The summed E-state index contributed by atoms with van der Waals surface area (Å²) in [6, 6.07) is 5.22. The van der Waals surface area contributed by atoms with Crippen LogP contribution in [0.3, 0.4) is 0 Å². The lowest BCUT2D eigenvalue weighted by molar-refractivity contribution is 0.343. The van der Waals surface area contributed by atoms with Crippen LogP contribution in [0.15, 0.2) is 18.2 Å². The average Bonchev–Trinajstić information content (AvgIpc) is 2.27. The van der Waals surface area contributed by atoms with Crippen LogP contribution >= 0.6 is 0 Å². The van der Waals surface area contributed by atoms with Crippen LogP contribution in [0.5, 0.6) is 11.5 Å². The molecule has 1 aromatic carbocycles. The van der Waals surface area contributed by atoms with Crippen molar-refractivity contribution in [2.75, 3.05) is 0 Å². The number of aromatic hydroxyl groups is 2. The van der Waals surface area contributed by atoms with Gasteiger partial charge in [-0.15, -0.1) is 0 Å². The van der Waals surface area contributed by atoms with E-state index in [9.17, 15) is 10.2 Å². The van der Waals surface area contributed by atoms with Crippen LogP contribution in [0.4, 0.5) is 0 Å². The Morgan fingerprint density at radius 3 is 2.00 bits per heavy atom. The van der Waals surface area contributed by atoms with Crippen LogP contribution in [0.25, 0.3) is 0 Å². The van der Waals surface area contributed by atoms with Crippen molar-refractivity contribution in [2.24, 2.45) is 0 Å². The molecule has 0 unspecified atom stereocenters. The summed E-state index contributed by atoms with van der Waals surface area (Å²) in [4.78, 5) is 0. The smallest absolute Gasteiger partial charge is 0.161 e. The van der Waals surface area contributed by atoms with Gasteiger partial charge in [-0.05, 0) is 30.7 Å². The minimum absolute atomic E-state index is 0.0111. The first-order valence-electron chi connectivity index (χ1n) is 5.62. The summed E-state index contributed by atoms with van der Waals surface area (Å²) in [5.74, 6) is 0.0234. The predicted octanol–water partition coefficient (Wildman–Crippen LogP) is 3.57. The van der Waals surface area contributed by atoms with Crippen molar-refractivity contribution in [3.63, 3.8) is 0 Å². The average molecular weight is 208 g/mol. The summed E-state index contributed by atoms with van der Waals surface area (Å²) in [5, 5.41) is 19.4. The number of hydrogen-bond donors (Lipinski definition) is 2. The molecule has 1 rings (SSSR count). The highest BCUT2D eigenvalue weighted by Gasteiger charge is 2.29. The van der Waals surface area contributed by atoms with Gasteiger partial charge in [0.1, 0.15) is 0 Å². The Balaban J connectivity index is 3.28. The molecule has 2 nitrogen and oxygen atoms in total. The molecule has 0 aliphatic rings. The molecule has 0 aliphatic heterocycles. The summed E-state index contributed by atoms with van der Waals surface area (Å²) < 4.78 is 0. The molecule has 0 fully saturated rings. The maximum absolute atomic E-state index is 9.88. The second-order valence-corrected chi connectivity index (χ2v) is 4.01. The first-order chi connectivity index (χ1) is 7.11. The van der Waals surface area contributed by atoms with Crippen LogP contribution in [0.1, 0.15) is 45.6 Å². The first kappa shape index (κ1) is 11.9. The number of phenolic OH excluding ortho intramolecular Hbond substituents is 2. The van der Waals surface area contributed by atoms with E-state index in [0.29, 0.717) is 0 Å². The number of para-hydroxylation sites is 1. The molecule has 2 N–H and O–H groups in total. The van der Waals surface area contributed by atoms with Crippen LogP contribution < -0.4 is 0 Å². The molecular weight excluding hydrogens is 188 g/mol. The van der Waals surface area contributed by atoms with Gasteiger partial charge in [0.25, 0.3) is 0 Å². The van der Waals surface area contributed by atoms with Crippen molar-refractivity contribution in [2.45, 2.75) is 45.4 Å². The molecule has 2 heteroatoms. The molecule has 0 spiro atoms. The Hall–Kier alpha value is -1.18. The molecule has 0 saturated carbocycles. The minimum atomic E-state index is -0.0211. The fourth-order valence-corrected chi connectivity index (χ4v) is 2.28. The summed E-state index contributed by atoms with van der Waals surface area (Å²) in [5.41, 5.74) is 0.859. The second-order valence-electron chi connectivity index (χ2n) is 4.01. The maximum atomic E-state index is 9.88. The Morgan fingerprint density at radius 1 is 1.00 bits per heavy atom. The third-order valence-corrected chi connectivity index (χ3v) is 3.62. The zero-order chi connectivity index (χ0) is 11.5. The SMILES string of the molecule is CCC(CC)(CC)c1cccc(O)c1O. The van der Waals surface area contributed by atoms with E-state index in [0.717, 1.165) is 24.8 Å². The molecule has 0 saturated heterocycles. The number of phenols is 2. The largest absolute Gasteiger partial charge is 0.504 e. The molecule has 84 valence electrons. The lowest BCUT2D eigenvalue weighted by Crippen LogP contribution is -2.23. The topological polar surface area (TPSA) is 40.5 Å². The standard InChI is InChI=1S/C13H20O2/c1-4-13(5-2,6-3)10-8-7-9-11(14)12(10)15/h7-9,14-15H,4-6H2,1-3H3. The van der Waals surface area contributed by atoms with Gasteiger partial charge in [-0.2, -0.15) is 0 Å². The van der Waals surface area contributed by atoms with E-state index < -0.39 is 0 Å². The molecule has 0 bridgehead atoms. The van der Waals surface area contributed by atoms with E-state index in [-0.39, 0.29) is 16.9 Å². The molecule has 0 heterocycles. The quantitative estimate of drug-likeness (QED) is 0.743. The van der Waals surface area contributed by atoms with Gasteiger partial charge >= 0.3 is 0 Å². The molecule has 15 heavy (non-hydrogen) atoms. The lowest BCUT2D eigenvalue weighted by Gasteiger charge is -2.31. The van der Waals surface area contributed by atoms with Crippen molar-refractivity contribution < 1.29 is 10.2 Å². The minimum Gasteiger partial charge on any atom is -0.504 e. The van der Waals surface area contributed by atoms with Gasteiger partial charge in [-0.25, -0.2) is 0 Å². The van der Waals surface area contributed by atoms with E-state index in [1.165, 1.54) is 6.07 Å². The number of rotatable bonds is 4. The van der Waals surface area contributed by atoms with Crippen molar-refractivity contribution in [3.05, 3.63) is 23.8 Å². The molecule has 0 radical (unpaired) electrons. The summed E-state index contributed by atoms with van der Waals surface area (Å²) in [6.45, 7) is 6.36. The highest BCUT2D eigenvalue weighted by molar-refractivity contribution is 5.48. The molecule has 0 aliphatic carbocycles. The summed E-state index contributed by atoms with van der Waals surface area (Å²) >= 11 is 0. The van der Waals surface area contributed by atoms with Crippen LogP contribution in [-0.4, -0.2) is 10.2 Å². The highest BCUT2D eigenvalue weighted by atomic mass is 16.3. The maximum Gasteiger partial charge on any atom is 0.161 e. The van der Waals surface area contributed by atoms with Gasteiger partial charge in [-0.1, -0.05) is 32.9 Å². The third-order valence-electron chi connectivity index (χ3n) is 3.62. The zero-order valence-electron chi connectivity index (χ0n) is 9.75. The molecule has 0 atom stereocenters. The van der Waals surface area contributed by atoms with Crippen molar-refractivity contribution in [3.8, 4) is 11.5 Å². The summed E-state index contributed by atoms with van der Waals surface area (Å²) in [7, 11) is 0. The van der Waals surface area contributed by atoms with Crippen LogP contribution in [0.2, 0.25) is 0 Å². The van der Waals surface area contributed by atoms with E-state index in [4.69, 9.17) is 0 Å². The fraction of sp³-hybridized carbons (Fsp3) is 0.538. The Labute approximate surface area is 91.6 Å². The monoisotopic (exact) mass is 208 g/mol. The van der Waals surface area contributed by atoms with Crippen molar-refractivity contribution >= 4 is 0 Å². The van der Waals surface area contributed by atoms with Gasteiger partial charge in [0.15, 0.2) is 11.5 Å². The molecule has 1 aromatic rings. The number of hydrogen-bond acceptors (Lipinski definition) is 2. The third kappa shape index (κ3) is 1.94. The Bertz CT molecular complexity index is 319. The Morgan fingerprint density at radius 2 is 1.53 bits per heavy atom. The van der Waals surface area contributed by atoms with Crippen molar-refractivity contribution in [1.29, 1.82) is 0 Å². The van der Waals surface area contributed by atoms with Gasteiger partial charge in [0, 0.05) is 5.56 Å². The molecule has 0 aromatic heterocycles. The van der Waals surface area contributed by atoms with E-state index in [1.807, 2.05) is 6.07 Å². The van der Waals surface area contributed by atoms with Crippen LogP contribution in [-0.2, 0) is 5.41 Å². The van der Waals surface area contributed by atoms with E-state index >= 15 is 0 Å². The normalized spacial score (nSPS) is 11.7. The summed E-state index contributed by atoms with van der Waals surface area (Å²) in [6.07, 6.45) is 2.91. The van der Waals surface area contributed by atoms with Crippen LogP contribution in [0, 0.1) is 0 Å². The lowest BCUT2D eigenvalue weighted by atomic mass is 9.73. The van der Waals surface area contributed by atoms with E-state index in [1.54, 1.807) is 6.07 Å². The van der Waals surface area contributed by atoms with Gasteiger partial charge in [0.05, 0.1) is 0 Å². The number of benzene rings is 1. The first-order valence-corrected chi connectivity index (χ1v) is 5.62. The fourth-order valence-electron chi connectivity index (χ4n) is 2.28. The zero-order valence-corrected chi connectivity index (χ0v) is 9.75. The molecule has 0 amide bonds. The second kappa shape index (κ2) is 4.56. The van der Waals surface area contributed by atoms with Gasteiger partial charge < -0.3 is 10.2 Å².